The molecule has 1 heterocycles. The number of sulfone groups is 1. The van der Waals surface area contributed by atoms with Crippen LogP contribution >= 0.6 is 27.5 Å². The van der Waals surface area contributed by atoms with E-state index in [1.807, 2.05) is 12.1 Å². The predicted molar refractivity (Wildman–Crippen MR) is 103 cm³/mol. The molecule has 7 heteroatoms. The number of amides is 1. The number of nitrogens with zero attached hydrogens (tertiary/aromatic N) is 1. The summed E-state index contributed by atoms with van der Waals surface area (Å²) in [6, 6.07) is 14.0. The normalized spacial score (nSPS) is 18.9. The van der Waals surface area contributed by atoms with E-state index in [4.69, 9.17) is 11.6 Å². The predicted octanol–water partition coefficient (Wildman–Crippen LogP) is 3.93. The quantitative estimate of drug-likeness (QED) is 0.721. The molecule has 0 unspecified atom stereocenters. The zero-order chi connectivity index (χ0) is 18.0. The van der Waals surface area contributed by atoms with E-state index in [9.17, 15) is 13.2 Å². The van der Waals surface area contributed by atoms with Crippen molar-refractivity contribution in [3.8, 4) is 0 Å². The van der Waals surface area contributed by atoms with Gasteiger partial charge in [0.05, 0.1) is 11.5 Å². The average molecular weight is 443 g/mol. The lowest BCUT2D eigenvalue weighted by atomic mass is 10.1. The Morgan fingerprint density at radius 2 is 1.92 bits per heavy atom. The third-order valence-electron chi connectivity index (χ3n) is 4.24. The maximum Gasteiger partial charge on any atom is 0.254 e. The molecule has 1 amide bonds. The molecule has 1 saturated heterocycles. The minimum absolute atomic E-state index is 0.00976. The van der Waals surface area contributed by atoms with Gasteiger partial charge in [0.25, 0.3) is 5.91 Å². The maximum absolute atomic E-state index is 13.0. The third kappa shape index (κ3) is 4.63. The van der Waals surface area contributed by atoms with E-state index >= 15 is 0 Å². The molecule has 1 aliphatic rings. The monoisotopic (exact) mass is 441 g/mol. The summed E-state index contributed by atoms with van der Waals surface area (Å²) in [6.07, 6.45) is 0.463. The van der Waals surface area contributed by atoms with Crippen LogP contribution in [0.3, 0.4) is 0 Å². The molecule has 2 aromatic carbocycles. The van der Waals surface area contributed by atoms with Gasteiger partial charge in [-0.25, -0.2) is 8.42 Å². The number of hydrogen-bond acceptors (Lipinski definition) is 3. The molecule has 0 spiro atoms. The van der Waals surface area contributed by atoms with Crippen molar-refractivity contribution >= 4 is 43.3 Å². The number of carbonyl (C=O) groups excluding carboxylic acids is 1. The smallest absolute Gasteiger partial charge is 0.254 e. The van der Waals surface area contributed by atoms with E-state index in [1.165, 1.54) is 0 Å². The van der Waals surface area contributed by atoms with Gasteiger partial charge in [0.1, 0.15) is 0 Å². The molecule has 1 fully saturated rings. The van der Waals surface area contributed by atoms with Gasteiger partial charge in [-0.3, -0.25) is 4.79 Å². The maximum atomic E-state index is 13.0. The number of hydrogen-bond donors (Lipinski definition) is 0. The van der Waals surface area contributed by atoms with Gasteiger partial charge < -0.3 is 4.90 Å². The Labute approximate surface area is 160 Å². The van der Waals surface area contributed by atoms with Crippen molar-refractivity contribution in [1.29, 1.82) is 0 Å². The Bertz CT molecular complexity index is 883. The first-order valence-electron chi connectivity index (χ1n) is 7.85. The second kappa shape index (κ2) is 7.48. The standard InChI is InChI=1S/C18H17BrClNO3S/c19-15-6-4-14(5-7-15)18(22)21(17-8-9-25(23,24)12-17)11-13-2-1-3-16(20)10-13/h1-7,10,17H,8-9,11-12H2/t17-/m1/s1. The fourth-order valence-electron chi connectivity index (χ4n) is 2.98. The molecule has 0 saturated carbocycles. The summed E-state index contributed by atoms with van der Waals surface area (Å²) >= 11 is 9.40. The lowest BCUT2D eigenvalue weighted by Crippen LogP contribution is -2.40. The van der Waals surface area contributed by atoms with Crippen LogP contribution in [0.15, 0.2) is 53.0 Å². The molecule has 2 aromatic rings. The van der Waals surface area contributed by atoms with Crippen LogP contribution in [0.4, 0.5) is 0 Å². The van der Waals surface area contributed by atoms with Gasteiger partial charge >= 0.3 is 0 Å². The SMILES string of the molecule is O=C(c1ccc(Br)cc1)N(Cc1cccc(Cl)c1)[C@@H]1CCS(=O)(=O)C1. The first kappa shape index (κ1) is 18.4. The highest BCUT2D eigenvalue weighted by Gasteiger charge is 2.35. The van der Waals surface area contributed by atoms with Crippen LogP contribution in [0.1, 0.15) is 22.3 Å². The minimum atomic E-state index is -3.09. The fraction of sp³-hybridized carbons (Fsp3) is 0.278. The lowest BCUT2D eigenvalue weighted by molar-refractivity contribution is 0.0681. The first-order chi connectivity index (χ1) is 11.8. The number of benzene rings is 2. The minimum Gasteiger partial charge on any atom is -0.330 e. The summed E-state index contributed by atoms with van der Waals surface area (Å²) in [6.45, 7) is 0.329. The van der Waals surface area contributed by atoms with Crippen LogP contribution in [-0.2, 0) is 16.4 Å². The topological polar surface area (TPSA) is 54.5 Å². The molecule has 4 nitrogen and oxygen atoms in total. The number of rotatable bonds is 4. The molecule has 0 aromatic heterocycles. The van der Waals surface area contributed by atoms with E-state index < -0.39 is 9.84 Å². The van der Waals surface area contributed by atoms with Crippen LogP contribution in [-0.4, -0.2) is 36.8 Å². The molecule has 0 bridgehead atoms. The highest BCUT2D eigenvalue weighted by Crippen LogP contribution is 2.24. The van der Waals surface area contributed by atoms with Crippen LogP contribution in [0.25, 0.3) is 0 Å². The van der Waals surface area contributed by atoms with E-state index in [0.29, 0.717) is 23.6 Å². The summed E-state index contributed by atoms with van der Waals surface area (Å²) in [7, 11) is -3.09. The van der Waals surface area contributed by atoms with Crippen molar-refractivity contribution in [2.75, 3.05) is 11.5 Å². The molecule has 3 rings (SSSR count). The second-order valence-electron chi connectivity index (χ2n) is 6.13. The Morgan fingerprint density at radius 3 is 2.52 bits per heavy atom. The van der Waals surface area contributed by atoms with Gasteiger partial charge in [0.2, 0.25) is 0 Å². The van der Waals surface area contributed by atoms with Crippen molar-refractivity contribution in [1.82, 2.24) is 4.90 Å². The summed E-state index contributed by atoms with van der Waals surface area (Å²) in [5.74, 6) is -0.0396. The zero-order valence-electron chi connectivity index (χ0n) is 13.4. The number of halogens is 2. The Balaban J connectivity index is 1.91. The Hall–Kier alpha value is -1.37. The number of carbonyl (C=O) groups is 1. The lowest BCUT2D eigenvalue weighted by Gasteiger charge is -2.28. The fourth-order valence-corrected chi connectivity index (χ4v) is 5.19. The van der Waals surface area contributed by atoms with Gasteiger partial charge in [0, 0.05) is 27.6 Å². The third-order valence-corrected chi connectivity index (χ3v) is 6.76. The van der Waals surface area contributed by atoms with E-state index in [2.05, 4.69) is 15.9 Å². The Morgan fingerprint density at radius 1 is 1.20 bits per heavy atom. The van der Waals surface area contributed by atoms with Gasteiger partial charge in [-0.05, 0) is 48.4 Å². The van der Waals surface area contributed by atoms with Gasteiger partial charge in [0.15, 0.2) is 9.84 Å². The van der Waals surface area contributed by atoms with Gasteiger partial charge in [-0.1, -0.05) is 39.7 Å². The van der Waals surface area contributed by atoms with Crippen LogP contribution < -0.4 is 0 Å². The van der Waals surface area contributed by atoms with Crippen molar-refractivity contribution in [3.05, 3.63) is 69.2 Å². The largest absolute Gasteiger partial charge is 0.330 e. The summed E-state index contributed by atoms with van der Waals surface area (Å²) in [4.78, 5) is 14.7. The molecule has 1 aliphatic heterocycles. The molecule has 132 valence electrons. The van der Waals surface area contributed by atoms with Crippen molar-refractivity contribution in [2.45, 2.75) is 19.0 Å². The highest BCUT2D eigenvalue weighted by molar-refractivity contribution is 9.10. The van der Waals surface area contributed by atoms with Crippen molar-refractivity contribution in [2.24, 2.45) is 0 Å². The first-order valence-corrected chi connectivity index (χ1v) is 10.8. The van der Waals surface area contributed by atoms with Crippen LogP contribution in [0, 0.1) is 0 Å². The van der Waals surface area contributed by atoms with Crippen LogP contribution in [0.5, 0.6) is 0 Å². The van der Waals surface area contributed by atoms with E-state index in [-0.39, 0.29) is 23.5 Å². The highest BCUT2D eigenvalue weighted by atomic mass is 79.9. The molecular weight excluding hydrogens is 426 g/mol. The average Bonchev–Trinajstić information content (AvgIpc) is 2.92. The summed E-state index contributed by atoms with van der Waals surface area (Å²) in [5, 5.41) is 0.590. The Kier molecular flexibility index (Phi) is 5.51. The molecule has 0 N–H and O–H groups in total. The second-order valence-corrected chi connectivity index (χ2v) is 9.71. The van der Waals surface area contributed by atoms with Crippen molar-refractivity contribution in [3.63, 3.8) is 0 Å². The molecule has 1 atom stereocenters. The van der Waals surface area contributed by atoms with E-state index in [0.717, 1.165) is 10.0 Å². The molecule has 25 heavy (non-hydrogen) atoms. The molecule has 0 aliphatic carbocycles. The zero-order valence-corrected chi connectivity index (χ0v) is 16.5. The van der Waals surface area contributed by atoms with Gasteiger partial charge in [-0.2, -0.15) is 0 Å². The van der Waals surface area contributed by atoms with Crippen molar-refractivity contribution < 1.29 is 13.2 Å². The molecular formula is C18H17BrClNO3S. The van der Waals surface area contributed by atoms with E-state index in [1.54, 1.807) is 41.3 Å². The summed E-state index contributed by atoms with van der Waals surface area (Å²) < 4.78 is 24.7. The summed E-state index contributed by atoms with van der Waals surface area (Å²) in [5.41, 5.74) is 1.41. The van der Waals surface area contributed by atoms with Gasteiger partial charge in [-0.15, -0.1) is 0 Å². The molecule has 0 radical (unpaired) electrons. The van der Waals surface area contributed by atoms with Crippen LogP contribution in [0.2, 0.25) is 5.02 Å².